The average Bonchev–Trinajstić information content (AvgIpc) is 3.10. The van der Waals surface area contributed by atoms with Crippen LogP contribution in [0.15, 0.2) is 70.9 Å². The first kappa shape index (κ1) is 22.2. The number of aryl methyl sites for hydroxylation is 2. The van der Waals surface area contributed by atoms with Gasteiger partial charge in [0.1, 0.15) is 12.0 Å². The fourth-order valence-corrected chi connectivity index (χ4v) is 3.61. The summed E-state index contributed by atoms with van der Waals surface area (Å²) in [6.07, 6.45) is 1.27. The maximum absolute atomic E-state index is 12.9. The van der Waals surface area contributed by atoms with E-state index in [4.69, 9.17) is 11.8 Å². The van der Waals surface area contributed by atoms with Gasteiger partial charge in [-0.05, 0) is 48.7 Å². The molecule has 1 aliphatic rings. The Morgan fingerprint density at radius 1 is 1.06 bits per heavy atom. The van der Waals surface area contributed by atoms with Gasteiger partial charge in [0.2, 0.25) is 17.5 Å². The number of aromatic hydroxyl groups is 1. The summed E-state index contributed by atoms with van der Waals surface area (Å²) in [5.41, 5.74) is 6.47. The number of amides is 1. The van der Waals surface area contributed by atoms with Crippen LogP contribution in [-0.2, 0) is 4.79 Å². The largest absolute Gasteiger partial charge is 0.505 e. The van der Waals surface area contributed by atoms with Gasteiger partial charge >= 0.3 is 11.9 Å². The van der Waals surface area contributed by atoms with Crippen molar-refractivity contribution in [1.29, 1.82) is 0 Å². The minimum Gasteiger partial charge on any atom is -0.505 e. The van der Waals surface area contributed by atoms with E-state index in [0.717, 1.165) is 11.1 Å². The number of quaternary nitrogens is 1. The van der Waals surface area contributed by atoms with E-state index in [1.807, 2.05) is 19.9 Å². The molecule has 0 aromatic heterocycles. The molecule has 0 saturated heterocycles. The van der Waals surface area contributed by atoms with Crippen molar-refractivity contribution < 1.29 is 19.8 Å². The molecule has 0 spiro atoms. The van der Waals surface area contributed by atoms with Gasteiger partial charge in [-0.25, -0.2) is 9.59 Å². The lowest BCUT2D eigenvalue weighted by Gasteiger charge is -2.15. The smallest absolute Gasteiger partial charge is 0.417 e. The number of phenolic OH excluding ortho intramolecular Hbond substituents is 1. The lowest BCUT2D eigenvalue weighted by Crippen LogP contribution is -2.39. The van der Waals surface area contributed by atoms with Gasteiger partial charge in [-0.2, -0.15) is 5.10 Å². The highest BCUT2D eigenvalue weighted by molar-refractivity contribution is 6.68. The molecule has 0 bridgehead atoms. The predicted octanol–water partition coefficient (Wildman–Crippen LogP) is 4.83. The summed E-state index contributed by atoms with van der Waals surface area (Å²) >= 11 is 6.51. The molecule has 8 nitrogen and oxygen atoms in total. The summed E-state index contributed by atoms with van der Waals surface area (Å²) in [6, 6.07) is 16.5. The second kappa shape index (κ2) is 8.50. The van der Waals surface area contributed by atoms with Crippen LogP contribution in [0.2, 0.25) is 0 Å². The summed E-state index contributed by atoms with van der Waals surface area (Å²) in [4.78, 5) is 24.2. The molecule has 0 fully saturated rings. The lowest BCUT2D eigenvalue weighted by molar-refractivity contribution is -0.118. The van der Waals surface area contributed by atoms with Crippen LogP contribution in [-0.4, -0.2) is 34.0 Å². The van der Waals surface area contributed by atoms with Crippen LogP contribution in [0.1, 0.15) is 21.5 Å². The zero-order valence-electron chi connectivity index (χ0n) is 17.8. The van der Waals surface area contributed by atoms with Crippen molar-refractivity contribution in [3.05, 3.63) is 77.4 Å². The minimum atomic E-state index is -1.07. The Morgan fingerprint density at radius 3 is 2.55 bits per heavy atom. The number of carbonyl (C=O) groups is 2. The molecule has 1 unspecified atom stereocenters. The number of hydrogen-bond acceptors (Lipinski definition) is 6. The van der Waals surface area contributed by atoms with E-state index >= 15 is 0 Å². The zero-order valence-corrected chi connectivity index (χ0v) is 18.5. The second-order valence-electron chi connectivity index (χ2n) is 7.57. The van der Waals surface area contributed by atoms with E-state index in [0.29, 0.717) is 16.8 Å². The molecule has 3 N–H and O–H groups in total. The van der Waals surface area contributed by atoms with Crippen LogP contribution >= 0.6 is 11.8 Å². The lowest BCUT2D eigenvalue weighted by atomic mass is 10.0. The number of hydrazone groups is 1. The fraction of sp³-hybridized carbons (Fsp3) is 0.0833. The Bertz CT molecular complexity index is 1350. The number of benzene rings is 3. The molecule has 33 heavy (non-hydrogen) atoms. The molecule has 3 aromatic carbocycles. The number of hydrogen-bond donors (Lipinski definition) is 3. The van der Waals surface area contributed by atoms with Gasteiger partial charge in [0, 0.05) is 21.8 Å². The van der Waals surface area contributed by atoms with Crippen LogP contribution < -0.4 is 9.54 Å². The van der Waals surface area contributed by atoms with E-state index in [-0.39, 0.29) is 22.7 Å². The van der Waals surface area contributed by atoms with E-state index in [9.17, 15) is 19.8 Å². The number of rotatable bonds is 5. The molecule has 1 heterocycles. The Morgan fingerprint density at radius 2 is 1.82 bits per heavy atom. The van der Waals surface area contributed by atoms with E-state index in [1.54, 1.807) is 42.5 Å². The highest BCUT2D eigenvalue weighted by atomic mass is 35.5. The average molecular weight is 464 g/mol. The van der Waals surface area contributed by atoms with Gasteiger partial charge in [-0.1, -0.05) is 35.4 Å². The standard InChI is InChI=1S/C24H19ClN4O4/c1-14-9-10-18(11-15(14)2)29(25)23(31)21(13-26-29)28-27-20-8-4-7-19(22(20)30)16-5-3-6-17(12-16)24(32)33/h3-13H,1-2H3,(H2-,26,27,28,30,31,32,33)/p+1. The number of carboxylic acids is 1. The van der Waals surface area contributed by atoms with Gasteiger partial charge in [0.05, 0.1) is 11.3 Å². The van der Waals surface area contributed by atoms with Gasteiger partial charge in [0.15, 0.2) is 5.69 Å². The van der Waals surface area contributed by atoms with Crippen molar-refractivity contribution in [2.75, 3.05) is 5.43 Å². The van der Waals surface area contributed by atoms with E-state index in [2.05, 4.69) is 15.6 Å². The molecular formula is C24H20ClN4O4+. The van der Waals surface area contributed by atoms with Crippen molar-refractivity contribution in [3.8, 4) is 16.9 Å². The third-order valence-electron chi connectivity index (χ3n) is 5.41. The van der Waals surface area contributed by atoms with Gasteiger partial charge in [0.25, 0.3) is 0 Å². The van der Waals surface area contributed by atoms with Gasteiger partial charge in [-0.3, -0.25) is 5.43 Å². The number of nitrogens with zero attached hydrogens (tertiary/aromatic N) is 3. The van der Waals surface area contributed by atoms with Crippen LogP contribution in [0.4, 0.5) is 11.4 Å². The van der Waals surface area contributed by atoms with Crippen LogP contribution in [0, 0.1) is 13.8 Å². The SMILES string of the molecule is Cc1ccc([N+]2(Cl)N=CC(=NNc3cccc(-c4cccc(C(=O)O)c4)c3O)C2=O)cc1C. The van der Waals surface area contributed by atoms with E-state index < -0.39 is 16.0 Å². The summed E-state index contributed by atoms with van der Waals surface area (Å²) in [5.74, 6) is -1.76. The maximum atomic E-state index is 12.9. The van der Waals surface area contributed by atoms with Crippen molar-refractivity contribution in [1.82, 2.24) is 4.11 Å². The van der Waals surface area contributed by atoms with Crippen LogP contribution in [0.5, 0.6) is 5.75 Å². The summed E-state index contributed by atoms with van der Waals surface area (Å²) in [7, 11) is 0. The van der Waals surface area contributed by atoms with Crippen molar-refractivity contribution in [2.24, 2.45) is 10.2 Å². The number of para-hydroxylation sites is 1. The van der Waals surface area contributed by atoms with E-state index in [1.165, 1.54) is 18.3 Å². The molecular weight excluding hydrogens is 444 g/mol. The first-order valence-electron chi connectivity index (χ1n) is 9.97. The second-order valence-corrected chi connectivity index (χ2v) is 8.06. The number of nitrogens with one attached hydrogen (secondary N) is 1. The van der Waals surface area contributed by atoms with Crippen LogP contribution in [0.3, 0.4) is 0 Å². The summed E-state index contributed by atoms with van der Waals surface area (Å²) in [6.45, 7) is 3.88. The molecule has 1 aliphatic heterocycles. The molecule has 1 amide bonds. The molecule has 1 atom stereocenters. The predicted molar refractivity (Wildman–Crippen MR) is 129 cm³/mol. The number of carboxylic acid groups (broad SMARTS) is 1. The third-order valence-corrected chi connectivity index (χ3v) is 5.85. The van der Waals surface area contributed by atoms with Crippen LogP contribution in [0.25, 0.3) is 11.1 Å². The van der Waals surface area contributed by atoms with Crippen molar-refractivity contribution >= 4 is 47.0 Å². The molecule has 0 radical (unpaired) electrons. The highest BCUT2D eigenvalue weighted by Crippen LogP contribution is 2.36. The van der Waals surface area contributed by atoms with Crippen molar-refractivity contribution in [3.63, 3.8) is 0 Å². The molecule has 0 saturated carbocycles. The Balaban J connectivity index is 1.60. The molecule has 9 heteroatoms. The number of halogens is 1. The summed E-state index contributed by atoms with van der Waals surface area (Å²) < 4.78 is -0.810. The maximum Gasteiger partial charge on any atom is 0.417 e. The number of carbonyl (C=O) groups excluding carboxylic acids is 1. The quantitative estimate of drug-likeness (QED) is 0.285. The molecule has 4 rings (SSSR count). The topological polar surface area (TPSA) is 111 Å². The monoisotopic (exact) mass is 463 g/mol. The van der Waals surface area contributed by atoms with Gasteiger partial charge < -0.3 is 10.2 Å². The zero-order chi connectivity index (χ0) is 23.8. The highest BCUT2D eigenvalue weighted by Gasteiger charge is 2.47. The number of aromatic carboxylic acids is 1. The minimum absolute atomic E-state index is 0.0131. The normalized spacial score (nSPS) is 18.6. The summed E-state index contributed by atoms with van der Waals surface area (Å²) in [5, 5.41) is 28.2. The molecule has 0 aliphatic carbocycles. The Hall–Kier alpha value is -4.01. The number of anilines is 1. The molecule has 166 valence electrons. The van der Waals surface area contributed by atoms with Gasteiger partial charge in [-0.15, -0.1) is 0 Å². The Labute approximate surface area is 194 Å². The fourth-order valence-electron chi connectivity index (χ4n) is 3.37. The Kier molecular flexibility index (Phi) is 5.71. The first-order chi connectivity index (χ1) is 15.7. The first-order valence-corrected chi connectivity index (χ1v) is 10.3. The number of phenols is 1. The molecule has 3 aromatic rings. The third kappa shape index (κ3) is 4.09. The van der Waals surface area contributed by atoms with Crippen molar-refractivity contribution in [2.45, 2.75) is 13.8 Å².